The van der Waals surface area contributed by atoms with Crippen molar-refractivity contribution in [2.24, 2.45) is 0 Å². The first-order chi connectivity index (χ1) is 18.3. The van der Waals surface area contributed by atoms with Crippen molar-refractivity contribution in [2.45, 2.75) is 6.92 Å². The lowest BCUT2D eigenvalue weighted by Gasteiger charge is -2.26. The number of ether oxygens (including phenoxy) is 1. The Bertz CT molecular complexity index is 1580. The second-order valence-corrected chi connectivity index (χ2v) is 11.6. The fourth-order valence-corrected chi connectivity index (χ4v) is 5.59. The average molecular weight is 574 g/mol. The standard InChI is InChI=1S/C26H26Cl2N6O3S/c1-17-2-4-20(14-22(17)27)32-26-21-12-18(3-5-23(21)30-16-31-26)19-13-24(25(28)29-15-19)33-38(35,36)11-8-34-6-9-37-10-7-34/h2-5,12-16,33H,6-11H2,1H3,(H,30,31,32). The van der Waals surface area contributed by atoms with Crippen molar-refractivity contribution in [3.8, 4) is 11.1 Å². The molecule has 0 atom stereocenters. The fourth-order valence-electron chi connectivity index (χ4n) is 4.11. The molecular formula is C26H26Cl2N6O3S. The number of nitrogens with one attached hydrogen (secondary N) is 2. The molecule has 12 heteroatoms. The van der Waals surface area contributed by atoms with Gasteiger partial charge in [-0.2, -0.15) is 0 Å². The number of benzene rings is 2. The molecule has 0 amide bonds. The number of pyridine rings is 1. The molecule has 9 nitrogen and oxygen atoms in total. The molecule has 2 aromatic carbocycles. The highest BCUT2D eigenvalue weighted by Crippen LogP contribution is 2.32. The van der Waals surface area contributed by atoms with E-state index in [1.807, 2.05) is 43.3 Å². The third kappa shape index (κ3) is 6.33. The molecule has 5 rings (SSSR count). The molecule has 0 radical (unpaired) electrons. The Morgan fingerprint density at radius 2 is 1.82 bits per heavy atom. The highest BCUT2D eigenvalue weighted by Gasteiger charge is 2.18. The van der Waals surface area contributed by atoms with Crippen LogP contribution in [0.1, 0.15) is 5.56 Å². The number of anilines is 3. The summed E-state index contributed by atoms with van der Waals surface area (Å²) in [6, 6.07) is 13.1. The number of rotatable bonds is 8. The topological polar surface area (TPSA) is 109 Å². The largest absolute Gasteiger partial charge is 0.379 e. The molecule has 1 aliphatic rings. The van der Waals surface area contributed by atoms with E-state index in [0.717, 1.165) is 27.7 Å². The van der Waals surface area contributed by atoms with Crippen molar-refractivity contribution in [3.05, 3.63) is 70.7 Å². The smallest absolute Gasteiger partial charge is 0.234 e. The molecule has 0 bridgehead atoms. The van der Waals surface area contributed by atoms with Crippen LogP contribution in [0.2, 0.25) is 10.2 Å². The summed E-state index contributed by atoms with van der Waals surface area (Å²) in [5.41, 5.74) is 4.24. The molecule has 198 valence electrons. The molecule has 2 N–H and O–H groups in total. The van der Waals surface area contributed by atoms with E-state index < -0.39 is 10.0 Å². The maximum atomic E-state index is 12.8. The van der Waals surface area contributed by atoms with Gasteiger partial charge in [-0.15, -0.1) is 0 Å². The van der Waals surface area contributed by atoms with Gasteiger partial charge in [0.1, 0.15) is 12.1 Å². The predicted molar refractivity (Wildman–Crippen MR) is 152 cm³/mol. The number of aryl methyl sites for hydroxylation is 1. The van der Waals surface area contributed by atoms with Crippen LogP contribution in [-0.4, -0.2) is 66.9 Å². The number of halogens is 2. The first-order valence-corrected chi connectivity index (χ1v) is 14.4. The third-order valence-electron chi connectivity index (χ3n) is 6.29. The summed E-state index contributed by atoms with van der Waals surface area (Å²) in [5.74, 6) is 0.557. The van der Waals surface area contributed by atoms with Gasteiger partial charge in [0.15, 0.2) is 5.15 Å². The van der Waals surface area contributed by atoms with E-state index in [9.17, 15) is 8.42 Å². The molecule has 0 spiro atoms. The highest BCUT2D eigenvalue weighted by atomic mass is 35.5. The van der Waals surface area contributed by atoms with Gasteiger partial charge in [0.05, 0.1) is 30.2 Å². The van der Waals surface area contributed by atoms with Crippen LogP contribution in [0.3, 0.4) is 0 Å². The van der Waals surface area contributed by atoms with Gasteiger partial charge in [0.2, 0.25) is 10.0 Å². The number of sulfonamides is 1. The molecule has 0 saturated carbocycles. The summed E-state index contributed by atoms with van der Waals surface area (Å²) in [4.78, 5) is 15.1. The lowest BCUT2D eigenvalue weighted by atomic mass is 10.0. The third-order valence-corrected chi connectivity index (χ3v) is 8.25. The Balaban J connectivity index is 1.40. The highest BCUT2D eigenvalue weighted by molar-refractivity contribution is 7.92. The minimum Gasteiger partial charge on any atom is -0.379 e. The van der Waals surface area contributed by atoms with Crippen molar-refractivity contribution in [2.75, 3.05) is 48.6 Å². The maximum absolute atomic E-state index is 12.8. The molecule has 0 aliphatic carbocycles. The van der Waals surface area contributed by atoms with Gasteiger partial charge in [0, 0.05) is 47.5 Å². The predicted octanol–water partition coefficient (Wildman–Crippen LogP) is 5.12. The number of aromatic nitrogens is 3. The number of hydrogen-bond donors (Lipinski definition) is 2. The summed E-state index contributed by atoms with van der Waals surface area (Å²) in [6.45, 7) is 5.00. The lowest BCUT2D eigenvalue weighted by Crippen LogP contribution is -2.39. The molecule has 38 heavy (non-hydrogen) atoms. The van der Waals surface area contributed by atoms with Gasteiger partial charge < -0.3 is 10.1 Å². The zero-order valence-corrected chi connectivity index (χ0v) is 22.9. The molecule has 1 saturated heterocycles. The Morgan fingerprint density at radius 1 is 1.00 bits per heavy atom. The number of morpholine rings is 1. The number of nitrogens with zero attached hydrogens (tertiary/aromatic N) is 4. The van der Waals surface area contributed by atoms with Crippen LogP contribution in [0.5, 0.6) is 0 Å². The van der Waals surface area contributed by atoms with Crippen molar-refractivity contribution in [1.29, 1.82) is 0 Å². The van der Waals surface area contributed by atoms with Crippen molar-refractivity contribution in [1.82, 2.24) is 19.9 Å². The lowest BCUT2D eigenvalue weighted by molar-refractivity contribution is 0.0408. The van der Waals surface area contributed by atoms with Crippen LogP contribution in [0.4, 0.5) is 17.2 Å². The van der Waals surface area contributed by atoms with E-state index in [2.05, 4.69) is 29.9 Å². The van der Waals surface area contributed by atoms with Crippen molar-refractivity contribution < 1.29 is 13.2 Å². The maximum Gasteiger partial charge on any atom is 0.234 e. The zero-order valence-electron chi connectivity index (χ0n) is 20.6. The molecular weight excluding hydrogens is 547 g/mol. The first kappa shape index (κ1) is 26.6. The van der Waals surface area contributed by atoms with Gasteiger partial charge >= 0.3 is 0 Å². The Kier molecular flexibility index (Phi) is 7.96. The fraction of sp³-hybridized carbons (Fsp3) is 0.269. The summed E-state index contributed by atoms with van der Waals surface area (Å²) in [5, 5.41) is 4.82. The van der Waals surface area contributed by atoms with Crippen LogP contribution in [0.15, 0.2) is 55.0 Å². The molecule has 1 fully saturated rings. The first-order valence-electron chi connectivity index (χ1n) is 12.0. The summed E-state index contributed by atoms with van der Waals surface area (Å²) >= 11 is 12.6. The average Bonchev–Trinajstić information content (AvgIpc) is 2.91. The molecule has 0 unspecified atom stereocenters. The van der Waals surface area contributed by atoms with Gasteiger partial charge in [-0.1, -0.05) is 35.3 Å². The molecule has 4 aromatic rings. The summed E-state index contributed by atoms with van der Waals surface area (Å²) in [6.07, 6.45) is 3.10. The number of hydrogen-bond acceptors (Lipinski definition) is 8. The number of fused-ring (bicyclic) bond motifs is 1. The van der Waals surface area contributed by atoms with E-state index in [0.29, 0.717) is 49.3 Å². The second-order valence-electron chi connectivity index (χ2n) is 8.98. The van der Waals surface area contributed by atoms with E-state index in [1.165, 1.54) is 6.33 Å². The van der Waals surface area contributed by atoms with Crippen molar-refractivity contribution >= 4 is 61.3 Å². The molecule has 3 heterocycles. The van der Waals surface area contributed by atoms with E-state index >= 15 is 0 Å². The van der Waals surface area contributed by atoms with Gasteiger partial charge in [-0.05, 0) is 48.4 Å². The van der Waals surface area contributed by atoms with E-state index in [-0.39, 0.29) is 16.6 Å². The van der Waals surface area contributed by atoms with Crippen LogP contribution in [0, 0.1) is 6.92 Å². The summed E-state index contributed by atoms with van der Waals surface area (Å²) < 4.78 is 33.5. The van der Waals surface area contributed by atoms with Gasteiger partial charge in [-0.25, -0.2) is 23.4 Å². The van der Waals surface area contributed by atoms with Crippen LogP contribution in [-0.2, 0) is 14.8 Å². The van der Waals surface area contributed by atoms with E-state index in [1.54, 1.807) is 12.3 Å². The van der Waals surface area contributed by atoms with Crippen LogP contribution < -0.4 is 10.0 Å². The minimum atomic E-state index is -3.64. The normalized spacial score (nSPS) is 14.5. The Morgan fingerprint density at radius 3 is 2.61 bits per heavy atom. The van der Waals surface area contributed by atoms with Gasteiger partial charge in [0.25, 0.3) is 0 Å². The zero-order chi connectivity index (χ0) is 26.7. The summed E-state index contributed by atoms with van der Waals surface area (Å²) in [7, 11) is -3.64. The second kappa shape index (κ2) is 11.4. The SMILES string of the molecule is Cc1ccc(Nc2ncnc3ccc(-c4cnc(Cl)c(NS(=O)(=O)CCN5CCOCC5)c4)cc23)cc1Cl. The van der Waals surface area contributed by atoms with Crippen LogP contribution in [0.25, 0.3) is 22.0 Å². The molecule has 1 aliphatic heterocycles. The van der Waals surface area contributed by atoms with Crippen molar-refractivity contribution in [3.63, 3.8) is 0 Å². The molecule has 2 aromatic heterocycles. The van der Waals surface area contributed by atoms with Gasteiger partial charge in [-0.3, -0.25) is 9.62 Å². The Hall–Kier alpha value is -3.02. The van der Waals surface area contributed by atoms with Crippen LogP contribution >= 0.6 is 23.2 Å². The minimum absolute atomic E-state index is 0.0566. The van der Waals surface area contributed by atoms with E-state index in [4.69, 9.17) is 27.9 Å². The Labute approximate surface area is 231 Å². The quantitative estimate of drug-likeness (QED) is 0.280. The monoisotopic (exact) mass is 572 g/mol.